The average molecular weight is 286 g/mol. The molecule has 0 unspecified atom stereocenters. The normalized spacial score (nSPS) is 22.8. The monoisotopic (exact) mass is 286 g/mol. The van der Waals surface area contributed by atoms with Gasteiger partial charge in [-0.15, -0.1) is 0 Å². The van der Waals surface area contributed by atoms with E-state index in [9.17, 15) is 0 Å². The van der Waals surface area contributed by atoms with Crippen LogP contribution < -0.4 is 0 Å². The van der Waals surface area contributed by atoms with Crippen LogP contribution in [0.3, 0.4) is 0 Å². The molecule has 21 heavy (non-hydrogen) atoms. The number of rotatable bonds is 4. The van der Waals surface area contributed by atoms with Gasteiger partial charge in [-0.2, -0.15) is 0 Å². The molecule has 3 rings (SSSR count). The summed E-state index contributed by atoms with van der Waals surface area (Å²) in [6, 6.07) is 12.6. The molecule has 0 N–H and O–H groups in total. The Balaban J connectivity index is 1.46. The predicted octanol–water partition coefficient (Wildman–Crippen LogP) is 3.92. The van der Waals surface area contributed by atoms with E-state index in [4.69, 9.17) is 0 Å². The average Bonchev–Trinajstić information content (AvgIpc) is 2.57. The van der Waals surface area contributed by atoms with Crippen LogP contribution in [-0.2, 0) is 6.54 Å². The predicted molar refractivity (Wildman–Crippen MR) is 89.4 cm³/mol. The van der Waals surface area contributed by atoms with Crippen molar-refractivity contribution in [2.75, 3.05) is 20.1 Å². The van der Waals surface area contributed by atoms with Crippen LogP contribution in [0.25, 0.3) is 0 Å². The summed E-state index contributed by atoms with van der Waals surface area (Å²) in [6.45, 7) is 3.72. The van der Waals surface area contributed by atoms with E-state index in [1.807, 2.05) is 0 Å². The van der Waals surface area contributed by atoms with Crippen LogP contribution in [0, 0.1) is 0 Å². The molecular weight excluding hydrogens is 256 g/mol. The summed E-state index contributed by atoms with van der Waals surface area (Å²) in [5, 5.41) is 0. The molecule has 1 aliphatic heterocycles. The zero-order valence-electron chi connectivity index (χ0n) is 13.5. The summed E-state index contributed by atoms with van der Waals surface area (Å²) >= 11 is 0. The molecule has 0 aromatic heterocycles. The molecule has 116 valence electrons. The van der Waals surface area contributed by atoms with Gasteiger partial charge in [0.15, 0.2) is 0 Å². The second-order valence-corrected chi connectivity index (χ2v) is 6.96. The molecule has 0 bridgehead atoms. The van der Waals surface area contributed by atoms with Gasteiger partial charge in [0, 0.05) is 18.6 Å². The van der Waals surface area contributed by atoms with Gasteiger partial charge in [0.05, 0.1) is 0 Å². The molecule has 1 aliphatic carbocycles. The van der Waals surface area contributed by atoms with Gasteiger partial charge in [-0.05, 0) is 51.4 Å². The number of benzene rings is 1. The summed E-state index contributed by atoms with van der Waals surface area (Å²) in [5.74, 6) is 0. The third kappa shape index (κ3) is 4.08. The molecule has 1 aromatic carbocycles. The Kier molecular flexibility index (Phi) is 5.32. The lowest BCUT2D eigenvalue weighted by Gasteiger charge is -2.41. The third-order valence-corrected chi connectivity index (χ3v) is 5.49. The van der Waals surface area contributed by atoms with Gasteiger partial charge in [0.25, 0.3) is 0 Å². The largest absolute Gasteiger partial charge is 0.300 e. The van der Waals surface area contributed by atoms with Crippen molar-refractivity contribution in [3.63, 3.8) is 0 Å². The van der Waals surface area contributed by atoms with E-state index < -0.39 is 0 Å². The van der Waals surface area contributed by atoms with Crippen molar-refractivity contribution in [3.8, 4) is 0 Å². The molecule has 1 saturated heterocycles. The molecule has 2 nitrogen and oxygen atoms in total. The second-order valence-electron chi connectivity index (χ2n) is 6.96. The van der Waals surface area contributed by atoms with Gasteiger partial charge < -0.3 is 4.90 Å². The SMILES string of the molecule is CN(Cc1ccccc1)C1CCN(C2CCCCC2)CC1. The van der Waals surface area contributed by atoms with Crippen molar-refractivity contribution in [2.45, 2.75) is 63.6 Å². The van der Waals surface area contributed by atoms with Crippen molar-refractivity contribution in [2.24, 2.45) is 0 Å². The molecule has 0 atom stereocenters. The first-order valence-electron chi connectivity index (χ1n) is 8.81. The molecule has 0 radical (unpaired) electrons. The first-order chi connectivity index (χ1) is 10.3. The maximum absolute atomic E-state index is 2.78. The summed E-state index contributed by atoms with van der Waals surface area (Å²) in [4.78, 5) is 5.35. The van der Waals surface area contributed by atoms with E-state index in [1.165, 1.54) is 63.6 Å². The van der Waals surface area contributed by atoms with Gasteiger partial charge in [-0.25, -0.2) is 0 Å². The van der Waals surface area contributed by atoms with Crippen LogP contribution in [0.5, 0.6) is 0 Å². The van der Waals surface area contributed by atoms with Gasteiger partial charge in [-0.1, -0.05) is 49.6 Å². The minimum Gasteiger partial charge on any atom is -0.300 e. The highest BCUT2D eigenvalue weighted by Crippen LogP contribution is 2.26. The summed E-state index contributed by atoms with van der Waals surface area (Å²) in [5.41, 5.74) is 1.44. The zero-order chi connectivity index (χ0) is 14.5. The lowest BCUT2D eigenvalue weighted by Crippen LogP contribution is -2.47. The summed E-state index contributed by atoms with van der Waals surface area (Å²) in [7, 11) is 2.30. The third-order valence-electron chi connectivity index (χ3n) is 5.49. The van der Waals surface area contributed by atoms with E-state index >= 15 is 0 Å². The van der Waals surface area contributed by atoms with Crippen molar-refractivity contribution >= 4 is 0 Å². The Hall–Kier alpha value is -0.860. The minimum absolute atomic E-state index is 0.769. The van der Waals surface area contributed by atoms with Gasteiger partial charge in [-0.3, -0.25) is 4.90 Å². The molecule has 0 amide bonds. The highest BCUT2D eigenvalue weighted by Gasteiger charge is 2.27. The smallest absolute Gasteiger partial charge is 0.0233 e. The summed E-state index contributed by atoms with van der Waals surface area (Å²) < 4.78 is 0. The molecule has 1 saturated carbocycles. The van der Waals surface area contributed by atoms with E-state index in [2.05, 4.69) is 47.2 Å². The fraction of sp³-hybridized carbons (Fsp3) is 0.684. The van der Waals surface area contributed by atoms with Crippen molar-refractivity contribution in [1.82, 2.24) is 9.80 Å². The van der Waals surface area contributed by atoms with Gasteiger partial charge >= 0.3 is 0 Å². The lowest BCUT2D eigenvalue weighted by atomic mass is 9.92. The van der Waals surface area contributed by atoms with E-state index in [0.717, 1.165) is 18.6 Å². The Morgan fingerprint density at radius 3 is 2.29 bits per heavy atom. The fourth-order valence-corrected chi connectivity index (χ4v) is 4.14. The van der Waals surface area contributed by atoms with Crippen LogP contribution in [0.2, 0.25) is 0 Å². The molecule has 2 aliphatic rings. The first-order valence-corrected chi connectivity index (χ1v) is 8.81. The van der Waals surface area contributed by atoms with Crippen LogP contribution >= 0.6 is 0 Å². The van der Waals surface area contributed by atoms with Crippen LogP contribution in [0.15, 0.2) is 30.3 Å². The van der Waals surface area contributed by atoms with E-state index in [0.29, 0.717) is 0 Å². The van der Waals surface area contributed by atoms with Crippen molar-refractivity contribution in [1.29, 1.82) is 0 Å². The van der Waals surface area contributed by atoms with Crippen LogP contribution in [0.4, 0.5) is 0 Å². The molecular formula is C19H30N2. The fourth-order valence-electron chi connectivity index (χ4n) is 4.14. The number of hydrogen-bond acceptors (Lipinski definition) is 2. The standard InChI is InChI=1S/C19H30N2/c1-20(16-17-8-4-2-5-9-17)18-12-14-21(15-13-18)19-10-6-3-7-11-19/h2,4-5,8-9,18-19H,3,6-7,10-16H2,1H3. The lowest BCUT2D eigenvalue weighted by molar-refractivity contribution is 0.0785. The van der Waals surface area contributed by atoms with E-state index in [-0.39, 0.29) is 0 Å². The van der Waals surface area contributed by atoms with Gasteiger partial charge in [0.1, 0.15) is 0 Å². The molecule has 1 heterocycles. The quantitative estimate of drug-likeness (QED) is 0.828. The number of piperidine rings is 1. The zero-order valence-corrected chi connectivity index (χ0v) is 13.5. The van der Waals surface area contributed by atoms with Crippen LogP contribution in [-0.4, -0.2) is 42.0 Å². The van der Waals surface area contributed by atoms with E-state index in [1.54, 1.807) is 0 Å². The second kappa shape index (κ2) is 7.42. The number of nitrogens with zero attached hydrogens (tertiary/aromatic N) is 2. The first kappa shape index (κ1) is 15.1. The Labute approximate surface area is 130 Å². The highest BCUT2D eigenvalue weighted by atomic mass is 15.2. The number of hydrogen-bond donors (Lipinski definition) is 0. The van der Waals surface area contributed by atoms with Gasteiger partial charge in [0.2, 0.25) is 0 Å². The van der Waals surface area contributed by atoms with Crippen molar-refractivity contribution in [3.05, 3.63) is 35.9 Å². The molecule has 2 heteroatoms. The molecule has 0 spiro atoms. The maximum Gasteiger partial charge on any atom is 0.0233 e. The Bertz CT molecular complexity index is 403. The molecule has 2 fully saturated rings. The minimum atomic E-state index is 0.769. The highest BCUT2D eigenvalue weighted by molar-refractivity contribution is 5.14. The van der Waals surface area contributed by atoms with Crippen LogP contribution in [0.1, 0.15) is 50.5 Å². The Morgan fingerprint density at radius 2 is 1.62 bits per heavy atom. The van der Waals surface area contributed by atoms with Crippen molar-refractivity contribution < 1.29 is 0 Å². The Morgan fingerprint density at radius 1 is 0.952 bits per heavy atom. The maximum atomic E-state index is 2.78. The summed E-state index contributed by atoms with van der Waals surface area (Å²) in [6.07, 6.45) is 9.97. The molecule has 1 aromatic rings. The topological polar surface area (TPSA) is 6.48 Å². The number of likely N-dealkylation sites (tertiary alicyclic amines) is 1.